The fourth-order valence-corrected chi connectivity index (χ4v) is 2.88. The summed E-state index contributed by atoms with van der Waals surface area (Å²) < 4.78 is 10.5. The van der Waals surface area contributed by atoms with E-state index in [1.54, 1.807) is 6.92 Å². The van der Waals surface area contributed by atoms with Crippen molar-refractivity contribution in [1.82, 2.24) is 0 Å². The number of nitrogens with two attached hydrogens (primary N) is 1. The Labute approximate surface area is 98.3 Å². The van der Waals surface area contributed by atoms with Gasteiger partial charge in [-0.3, -0.25) is 0 Å². The first kappa shape index (κ1) is 11.6. The van der Waals surface area contributed by atoms with Gasteiger partial charge in [0.15, 0.2) is 0 Å². The van der Waals surface area contributed by atoms with E-state index in [0.717, 1.165) is 12.0 Å². The number of rotatable bonds is 3. The number of carbonyl (C=O) groups excluding carboxylic acids is 1. The Morgan fingerprint density at radius 1 is 1.75 bits per heavy atom. The molecule has 0 aromatic carbocycles. The Bertz CT molecular complexity index is 389. The van der Waals surface area contributed by atoms with Crippen LogP contribution in [0.2, 0.25) is 0 Å². The van der Waals surface area contributed by atoms with E-state index in [2.05, 4.69) is 0 Å². The molecule has 2 heterocycles. The van der Waals surface area contributed by atoms with E-state index in [-0.39, 0.29) is 12.1 Å². The Kier molecular flexibility index (Phi) is 3.58. The number of fused-ring (bicyclic) bond motifs is 1. The van der Waals surface area contributed by atoms with Gasteiger partial charge in [0.1, 0.15) is 4.88 Å². The molecule has 0 saturated heterocycles. The third-order valence-corrected chi connectivity index (χ3v) is 3.72. The van der Waals surface area contributed by atoms with E-state index >= 15 is 0 Å². The maximum absolute atomic E-state index is 11.6. The van der Waals surface area contributed by atoms with Crippen molar-refractivity contribution in [2.45, 2.75) is 19.4 Å². The molecule has 2 N–H and O–H groups in total. The maximum Gasteiger partial charge on any atom is 0.348 e. The van der Waals surface area contributed by atoms with Gasteiger partial charge in [-0.25, -0.2) is 4.79 Å². The summed E-state index contributed by atoms with van der Waals surface area (Å²) in [6.07, 6.45) is 0.791. The van der Waals surface area contributed by atoms with Crippen LogP contribution in [0, 0.1) is 0 Å². The molecule has 0 radical (unpaired) electrons. The van der Waals surface area contributed by atoms with Crippen LogP contribution in [0.25, 0.3) is 0 Å². The second kappa shape index (κ2) is 4.95. The van der Waals surface area contributed by atoms with Crippen LogP contribution < -0.4 is 5.73 Å². The molecule has 0 aliphatic carbocycles. The predicted molar refractivity (Wildman–Crippen MR) is 61.7 cm³/mol. The molecular formula is C11H15NO3S. The van der Waals surface area contributed by atoms with Crippen LogP contribution in [0.5, 0.6) is 0 Å². The van der Waals surface area contributed by atoms with Crippen LogP contribution in [0.15, 0.2) is 6.07 Å². The fraction of sp³-hybridized carbons (Fsp3) is 0.545. The number of esters is 1. The second-order valence-corrected chi connectivity index (χ2v) is 4.69. The minimum Gasteiger partial charge on any atom is -0.462 e. The third kappa shape index (κ3) is 2.11. The topological polar surface area (TPSA) is 61.5 Å². The molecule has 2 rings (SSSR count). The van der Waals surface area contributed by atoms with Crippen molar-refractivity contribution >= 4 is 17.3 Å². The van der Waals surface area contributed by atoms with Crippen LogP contribution in [0.1, 0.15) is 33.1 Å². The highest BCUT2D eigenvalue weighted by molar-refractivity contribution is 7.14. The summed E-state index contributed by atoms with van der Waals surface area (Å²) in [5.41, 5.74) is 6.68. The van der Waals surface area contributed by atoms with Crippen molar-refractivity contribution < 1.29 is 14.3 Å². The quantitative estimate of drug-likeness (QED) is 0.815. The first-order valence-electron chi connectivity index (χ1n) is 5.37. The van der Waals surface area contributed by atoms with E-state index in [4.69, 9.17) is 15.2 Å². The van der Waals surface area contributed by atoms with E-state index in [0.29, 0.717) is 24.6 Å². The Morgan fingerprint density at radius 2 is 2.56 bits per heavy atom. The van der Waals surface area contributed by atoms with Gasteiger partial charge < -0.3 is 15.2 Å². The van der Waals surface area contributed by atoms with E-state index < -0.39 is 0 Å². The zero-order valence-corrected chi connectivity index (χ0v) is 10.0. The van der Waals surface area contributed by atoms with Crippen LogP contribution in [-0.4, -0.2) is 25.7 Å². The molecule has 0 amide bonds. The van der Waals surface area contributed by atoms with Crippen molar-refractivity contribution in [1.29, 1.82) is 0 Å². The standard InChI is InChI=1S/C11H15NO3S/c1-2-14-11(13)10-5-7-8(6-12)15-4-3-9(7)16-10/h5,8H,2-4,6,12H2,1H3. The van der Waals surface area contributed by atoms with Gasteiger partial charge in [0, 0.05) is 17.8 Å². The van der Waals surface area contributed by atoms with Gasteiger partial charge in [-0.1, -0.05) is 0 Å². The summed E-state index contributed by atoms with van der Waals surface area (Å²) in [5, 5.41) is 0. The predicted octanol–water partition coefficient (Wildman–Crippen LogP) is 1.50. The molecule has 1 unspecified atom stereocenters. The van der Waals surface area contributed by atoms with Crippen LogP contribution in [0.4, 0.5) is 0 Å². The highest BCUT2D eigenvalue weighted by Gasteiger charge is 2.24. The average Bonchev–Trinajstić information content (AvgIpc) is 2.72. The number of hydrogen-bond acceptors (Lipinski definition) is 5. The minimum atomic E-state index is -0.252. The molecule has 0 bridgehead atoms. The molecule has 0 fully saturated rings. The van der Waals surface area contributed by atoms with Crippen molar-refractivity contribution in [2.24, 2.45) is 5.73 Å². The number of carbonyl (C=O) groups is 1. The molecule has 1 aliphatic rings. The SMILES string of the molecule is CCOC(=O)c1cc2c(s1)CCOC2CN. The number of ether oxygens (including phenoxy) is 2. The van der Waals surface area contributed by atoms with Crippen molar-refractivity contribution in [2.75, 3.05) is 19.8 Å². The summed E-state index contributed by atoms with van der Waals surface area (Å²) in [6.45, 7) is 3.33. The lowest BCUT2D eigenvalue weighted by Gasteiger charge is -2.21. The molecule has 1 atom stereocenters. The first-order valence-corrected chi connectivity index (χ1v) is 6.19. The van der Waals surface area contributed by atoms with Gasteiger partial charge in [-0.05, 0) is 18.6 Å². The number of hydrogen-bond donors (Lipinski definition) is 1. The highest BCUT2D eigenvalue weighted by Crippen LogP contribution is 2.33. The lowest BCUT2D eigenvalue weighted by molar-refractivity contribution is 0.0494. The summed E-state index contributed by atoms with van der Waals surface area (Å²) in [4.78, 5) is 13.4. The zero-order chi connectivity index (χ0) is 11.5. The largest absolute Gasteiger partial charge is 0.462 e. The maximum atomic E-state index is 11.6. The summed E-state index contributed by atoms with van der Waals surface area (Å²) >= 11 is 1.49. The van der Waals surface area contributed by atoms with E-state index in [1.807, 2.05) is 6.07 Å². The average molecular weight is 241 g/mol. The third-order valence-electron chi connectivity index (χ3n) is 2.53. The minimum absolute atomic E-state index is 0.0665. The van der Waals surface area contributed by atoms with Crippen LogP contribution >= 0.6 is 11.3 Å². The molecule has 1 aromatic heterocycles. The van der Waals surface area contributed by atoms with Gasteiger partial charge in [0.2, 0.25) is 0 Å². The highest BCUT2D eigenvalue weighted by atomic mass is 32.1. The lowest BCUT2D eigenvalue weighted by atomic mass is 10.1. The van der Waals surface area contributed by atoms with Gasteiger partial charge >= 0.3 is 5.97 Å². The summed E-state index contributed by atoms with van der Waals surface area (Å²) in [6, 6.07) is 1.86. The molecular weight excluding hydrogens is 226 g/mol. The normalized spacial score (nSPS) is 19.2. The smallest absolute Gasteiger partial charge is 0.348 e. The zero-order valence-electron chi connectivity index (χ0n) is 9.19. The Balaban J connectivity index is 2.25. The molecule has 16 heavy (non-hydrogen) atoms. The van der Waals surface area contributed by atoms with E-state index in [9.17, 15) is 4.79 Å². The molecule has 1 aliphatic heterocycles. The first-order chi connectivity index (χ1) is 7.76. The summed E-state index contributed by atoms with van der Waals surface area (Å²) in [7, 11) is 0. The van der Waals surface area contributed by atoms with Gasteiger partial charge in [-0.15, -0.1) is 11.3 Å². The Hall–Kier alpha value is -0.910. The summed E-state index contributed by atoms with van der Waals surface area (Å²) in [5.74, 6) is -0.252. The molecule has 5 heteroatoms. The lowest BCUT2D eigenvalue weighted by Crippen LogP contribution is -2.21. The molecule has 88 valence electrons. The molecule has 0 saturated carbocycles. The van der Waals surface area contributed by atoms with Crippen molar-refractivity contribution in [3.8, 4) is 0 Å². The Morgan fingerprint density at radius 3 is 3.25 bits per heavy atom. The molecule has 1 aromatic rings. The van der Waals surface area contributed by atoms with Crippen LogP contribution in [-0.2, 0) is 15.9 Å². The molecule has 0 spiro atoms. The van der Waals surface area contributed by atoms with Gasteiger partial charge in [0.25, 0.3) is 0 Å². The fourth-order valence-electron chi connectivity index (χ4n) is 1.79. The van der Waals surface area contributed by atoms with Crippen molar-refractivity contribution in [3.05, 3.63) is 21.4 Å². The number of thiophene rings is 1. The second-order valence-electron chi connectivity index (χ2n) is 3.55. The monoisotopic (exact) mass is 241 g/mol. The molecule has 4 nitrogen and oxygen atoms in total. The van der Waals surface area contributed by atoms with Crippen LogP contribution in [0.3, 0.4) is 0 Å². The van der Waals surface area contributed by atoms with E-state index in [1.165, 1.54) is 16.2 Å². The van der Waals surface area contributed by atoms with Crippen molar-refractivity contribution in [3.63, 3.8) is 0 Å². The van der Waals surface area contributed by atoms with Gasteiger partial charge in [0.05, 0.1) is 19.3 Å². The van der Waals surface area contributed by atoms with Gasteiger partial charge in [-0.2, -0.15) is 0 Å².